The van der Waals surface area contributed by atoms with Gasteiger partial charge in [-0.1, -0.05) is 6.92 Å². The summed E-state index contributed by atoms with van der Waals surface area (Å²) >= 11 is 0. The van der Waals surface area contributed by atoms with Crippen molar-refractivity contribution in [1.82, 2.24) is 10.6 Å². The lowest BCUT2D eigenvalue weighted by molar-refractivity contribution is 0.230. The molecular formula is C9H18N2. The minimum Gasteiger partial charge on any atom is -0.316 e. The average molecular weight is 154 g/mol. The van der Waals surface area contributed by atoms with Gasteiger partial charge in [-0.3, -0.25) is 0 Å². The predicted octanol–water partition coefficient (Wildman–Crippen LogP) is 0.595. The van der Waals surface area contributed by atoms with Crippen LogP contribution in [0.15, 0.2) is 0 Å². The maximum absolute atomic E-state index is 3.46. The molecule has 0 saturated carbocycles. The molecule has 2 aliphatic heterocycles. The Kier molecular flexibility index (Phi) is 1.90. The largest absolute Gasteiger partial charge is 0.316 e. The molecule has 2 N–H and O–H groups in total. The van der Waals surface area contributed by atoms with Gasteiger partial charge in [-0.15, -0.1) is 0 Å². The van der Waals surface area contributed by atoms with Gasteiger partial charge in [-0.25, -0.2) is 0 Å². The molecule has 2 atom stereocenters. The summed E-state index contributed by atoms with van der Waals surface area (Å²) in [6.45, 7) is 7.38. The van der Waals surface area contributed by atoms with Crippen LogP contribution in [0.25, 0.3) is 0 Å². The van der Waals surface area contributed by atoms with Crippen LogP contribution in [0.1, 0.15) is 19.8 Å². The Labute approximate surface area is 68.7 Å². The minimum absolute atomic E-state index is 0.601. The van der Waals surface area contributed by atoms with Crippen molar-refractivity contribution in [2.45, 2.75) is 19.8 Å². The van der Waals surface area contributed by atoms with Crippen molar-refractivity contribution in [3.63, 3.8) is 0 Å². The van der Waals surface area contributed by atoms with E-state index in [1.54, 1.807) is 0 Å². The second-order valence-corrected chi connectivity index (χ2v) is 4.27. The fourth-order valence-electron chi connectivity index (χ4n) is 2.43. The van der Waals surface area contributed by atoms with E-state index in [0.717, 1.165) is 5.92 Å². The Balaban J connectivity index is 2.00. The van der Waals surface area contributed by atoms with E-state index >= 15 is 0 Å². The Morgan fingerprint density at radius 3 is 2.73 bits per heavy atom. The molecular weight excluding hydrogens is 136 g/mol. The summed E-state index contributed by atoms with van der Waals surface area (Å²) in [7, 11) is 0. The van der Waals surface area contributed by atoms with E-state index in [-0.39, 0.29) is 0 Å². The standard InChI is InChI=1S/C9H18N2/c1-9(3-5-11-7-9)8-2-4-10-6-8/h8,10-11H,2-7H2,1H3. The van der Waals surface area contributed by atoms with E-state index in [9.17, 15) is 0 Å². The zero-order valence-corrected chi connectivity index (χ0v) is 7.32. The molecule has 2 nitrogen and oxygen atoms in total. The van der Waals surface area contributed by atoms with Crippen molar-refractivity contribution in [1.29, 1.82) is 0 Å². The molecule has 2 rings (SSSR count). The van der Waals surface area contributed by atoms with Gasteiger partial charge in [-0.2, -0.15) is 0 Å². The summed E-state index contributed by atoms with van der Waals surface area (Å²) in [5, 5.41) is 6.91. The van der Waals surface area contributed by atoms with Crippen LogP contribution in [-0.4, -0.2) is 26.2 Å². The summed E-state index contributed by atoms with van der Waals surface area (Å²) in [6.07, 6.45) is 2.76. The molecule has 2 saturated heterocycles. The molecule has 2 unspecified atom stereocenters. The van der Waals surface area contributed by atoms with E-state index in [1.165, 1.54) is 39.0 Å². The summed E-state index contributed by atoms with van der Waals surface area (Å²) < 4.78 is 0. The molecule has 0 aromatic rings. The molecule has 0 bridgehead atoms. The highest BCUT2D eigenvalue weighted by Gasteiger charge is 2.37. The number of hydrogen-bond donors (Lipinski definition) is 2. The molecule has 11 heavy (non-hydrogen) atoms. The number of nitrogens with one attached hydrogen (secondary N) is 2. The van der Waals surface area contributed by atoms with Crippen molar-refractivity contribution in [2.75, 3.05) is 26.2 Å². The third-order valence-electron chi connectivity index (χ3n) is 3.45. The lowest BCUT2D eigenvalue weighted by atomic mass is 9.76. The SMILES string of the molecule is CC1(C2CCNC2)CCNC1. The van der Waals surface area contributed by atoms with Gasteiger partial charge in [0.2, 0.25) is 0 Å². The minimum atomic E-state index is 0.601. The van der Waals surface area contributed by atoms with Gasteiger partial charge in [0.1, 0.15) is 0 Å². The van der Waals surface area contributed by atoms with E-state index < -0.39 is 0 Å². The first kappa shape index (κ1) is 7.56. The molecule has 0 aromatic carbocycles. The van der Waals surface area contributed by atoms with Crippen molar-refractivity contribution in [2.24, 2.45) is 11.3 Å². The maximum Gasteiger partial charge on any atom is 0.000878 e. The van der Waals surface area contributed by atoms with E-state index in [0.29, 0.717) is 5.41 Å². The first-order chi connectivity index (χ1) is 5.31. The molecule has 2 aliphatic rings. The second-order valence-electron chi connectivity index (χ2n) is 4.27. The van der Waals surface area contributed by atoms with Gasteiger partial charge in [0.25, 0.3) is 0 Å². The van der Waals surface area contributed by atoms with Crippen LogP contribution in [0.5, 0.6) is 0 Å². The zero-order valence-electron chi connectivity index (χ0n) is 7.32. The average Bonchev–Trinajstić information content (AvgIpc) is 2.55. The Hall–Kier alpha value is -0.0800. The fraction of sp³-hybridized carbons (Fsp3) is 1.00. The van der Waals surface area contributed by atoms with Crippen LogP contribution in [0, 0.1) is 11.3 Å². The van der Waals surface area contributed by atoms with Crippen LogP contribution in [0.3, 0.4) is 0 Å². The predicted molar refractivity (Wildman–Crippen MR) is 46.6 cm³/mol. The highest BCUT2D eigenvalue weighted by atomic mass is 15.0. The first-order valence-electron chi connectivity index (χ1n) is 4.73. The molecule has 64 valence electrons. The third kappa shape index (κ3) is 1.30. The first-order valence-corrected chi connectivity index (χ1v) is 4.73. The van der Waals surface area contributed by atoms with Crippen LogP contribution in [0.4, 0.5) is 0 Å². The van der Waals surface area contributed by atoms with Crippen LogP contribution < -0.4 is 10.6 Å². The third-order valence-corrected chi connectivity index (χ3v) is 3.45. The topological polar surface area (TPSA) is 24.1 Å². The second kappa shape index (κ2) is 2.76. The number of rotatable bonds is 1. The van der Waals surface area contributed by atoms with Gasteiger partial charge in [0.05, 0.1) is 0 Å². The maximum atomic E-state index is 3.46. The highest BCUT2D eigenvalue weighted by molar-refractivity contribution is 4.93. The van der Waals surface area contributed by atoms with Gasteiger partial charge in [-0.05, 0) is 43.8 Å². The van der Waals surface area contributed by atoms with Crippen LogP contribution >= 0.6 is 0 Å². The number of hydrogen-bond acceptors (Lipinski definition) is 2. The summed E-state index contributed by atoms with van der Waals surface area (Å²) in [4.78, 5) is 0. The van der Waals surface area contributed by atoms with E-state index in [1.807, 2.05) is 0 Å². The zero-order chi connectivity index (χ0) is 7.73. The van der Waals surface area contributed by atoms with E-state index in [4.69, 9.17) is 0 Å². The van der Waals surface area contributed by atoms with Gasteiger partial charge < -0.3 is 10.6 Å². The highest BCUT2D eigenvalue weighted by Crippen LogP contribution is 2.36. The van der Waals surface area contributed by atoms with E-state index in [2.05, 4.69) is 17.6 Å². The van der Waals surface area contributed by atoms with Crippen LogP contribution in [-0.2, 0) is 0 Å². The molecule has 2 heterocycles. The Morgan fingerprint density at radius 2 is 2.18 bits per heavy atom. The lowest BCUT2D eigenvalue weighted by Gasteiger charge is -2.29. The van der Waals surface area contributed by atoms with Crippen molar-refractivity contribution in [3.8, 4) is 0 Å². The molecule has 0 amide bonds. The molecule has 2 heteroatoms. The molecule has 0 spiro atoms. The van der Waals surface area contributed by atoms with Crippen molar-refractivity contribution in [3.05, 3.63) is 0 Å². The molecule has 0 aromatic heterocycles. The normalized spacial score (nSPS) is 45.0. The van der Waals surface area contributed by atoms with Crippen LogP contribution in [0.2, 0.25) is 0 Å². The summed E-state index contributed by atoms with van der Waals surface area (Å²) in [5.41, 5.74) is 0.601. The molecule has 2 fully saturated rings. The molecule has 0 radical (unpaired) electrons. The summed E-state index contributed by atoms with van der Waals surface area (Å²) in [5.74, 6) is 0.928. The quantitative estimate of drug-likeness (QED) is 0.578. The lowest BCUT2D eigenvalue weighted by Crippen LogP contribution is -2.31. The van der Waals surface area contributed by atoms with Gasteiger partial charge in [0.15, 0.2) is 0 Å². The van der Waals surface area contributed by atoms with Crippen molar-refractivity contribution >= 4 is 0 Å². The monoisotopic (exact) mass is 154 g/mol. The van der Waals surface area contributed by atoms with Crippen molar-refractivity contribution < 1.29 is 0 Å². The smallest absolute Gasteiger partial charge is 0.000878 e. The van der Waals surface area contributed by atoms with Gasteiger partial charge >= 0.3 is 0 Å². The Morgan fingerprint density at radius 1 is 1.27 bits per heavy atom. The summed E-state index contributed by atoms with van der Waals surface area (Å²) in [6, 6.07) is 0. The fourth-order valence-corrected chi connectivity index (χ4v) is 2.43. The van der Waals surface area contributed by atoms with Gasteiger partial charge in [0, 0.05) is 6.54 Å². The Bertz CT molecular complexity index is 132. The molecule has 0 aliphatic carbocycles.